The Kier molecular flexibility index (Phi) is 5.98. The molecule has 0 aromatic heterocycles. The fourth-order valence-electron chi connectivity index (χ4n) is 2.32. The van der Waals surface area contributed by atoms with E-state index in [0.717, 1.165) is 12.1 Å². The van der Waals surface area contributed by atoms with E-state index in [1.54, 1.807) is 6.08 Å². The third-order valence-electron chi connectivity index (χ3n) is 3.45. The molecule has 0 aliphatic heterocycles. The highest BCUT2D eigenvalue weighted by Gasteiger charge is 2.15. The van der Waals surface area contributed by atoms with E-state index in [4.69, 9.17) is 0 Å². The van der Waals surface area contributed by atoms with Crippen molar-refractivity contribution in [2.24, 2.45) is 4.99 Å². The predicted octanol–water partition coefficient (Wildman–Crippen LogP) is 5.24. The minimum absolute atomic E-state index is 0.367. The van der Waals surface area contributed by atoms with Gasteiger partial charge in [0.05, 0.1) is 5.69 Å². The second-order valence-corrected chi connectivity index (χ2v) is 5.74. The van der Waals surface area contributed by atoms with Crippen LogP contribution in [0.4, 0.5) is 5.69 Å². The average molecular weight is 259 g/mol. The lowest BCUT2D eigenvalue weighted by atomic mass is 9.89. The zero-order chi connectivity index (χ0) is 14.4. The fourth-order valence-corrected chi connectivity index (χ4v) is 2.32. The van der Waals surface area contributed by atoms with Crippen molar-refractivity contribution in [3.05, 3.63) is 28.8 Å². The number of benzene rings is 1. The van der Waals surface area contributed by atoms with E-state index in [1.165, 1.54) is 29.5 Å². The molecule has 0 heterocycles. The monoisotopic (exact) mass is 259 g/mol. The van der Waals surface area contributed by atoms with E-state index in [9.17, 15) is 4.79 Å². The van der Waals surface area contributed by atoms with Gasteiger partial charge in [-0.15, -0.1) is 0 Å². The van der Waals surface area contributed by atoms with Crippen molar-refractivity contribution in [1.29, 1.82) is 0 Å². The Morgan fingerprint density at radius 2 is 1.63 bits per heavy atom. The van der Waals surface area contributed by atoms with Gasteiger partial charge in [-0.2, -0.15) is 4.99 Å². The third-order valence-corrected chi connectivity index (χ3v) is 3.45. The quantitative estimate of drug-likeness (QED) is 0.507. The zero-order valence-electron chi connectivity index (χ0n) is 12.8. The predicted molar refractivity (Wildman–Crippen MR) is 81.0 cm³/mol. The van der Waals surface area contributed by atoms with E-state index >= 15 is 0 Å². The van der Waals surface area contributed by atoms with Crippen molar-refractivity contribution >= 4 is 11.8 Å². The van der Waals surface area contributed by atoms with Crippen LogP contribution in [0.15, 0.2) is 17.1 Å². The minimum Gasteiger partial charge on any atom is -0.211 e. The summed E-state index contributed by atoms with van der Waals surface area (Å²) in [6.45, 7) is 10.8. The average Bonchev–Trinajstić information content (AvgIpc) is 2.36. The molecular weight excluding hydrogens is 234 g/mol. The van der Waals surface area contributed by atoms with Crippen LogP contribution in [0.25, 0.3) is 0 Å². The van der Waals surface area contributed by atoms with Crippen LogP contribution in [0, 0.1) is 0 Å². The number of aryl methyl sites for hydroxylation is 1. The molecule has 0 unspecified atom stereocenters. The van der Waals surface area contributed by atoms with Gasteiger partial charge in [-0.1, -0.05) is 53.2 Å². The van der Waals surface area contributed by atoms with Crippen LogP contribution in [0.1, 0.15) is 76.0 Å². The molecule has 0 bridgehead atoms. The highest BCUT2D eigenvalue weighted by molar-refractivity contribution is 5.62. The SMILES string of the molecule is CCCCc1cc(C(C)C)c(N=C=O)c(C(C)C)c1. The summed E-state index contributed by atoms with van der Waals surface area (Å²) in [5.74, 6) is 0.734. The van der Waals surface area contributed by atoms with Crippen LogP contribution in [0.2, 0.25) is 0 Å². The van der Waals surface area contributed by atoms with E-state index in [1.807, 2.05) is 0 Å². The maximum Gasteiger partial charge on any atom is 0.240 e. The second-order valence-electron chi connectivity index (χ2n) is 5.74. The maximum atomic E-state index is 10.7. The van der Waals surface area contributed by atoms with Gasteiger partial charge in [0, 0.05) is 0 Å². The van der Waals surface area contributed by atoms with Crippen molar-refractivity contribution in [2.45, 2.75) is 65.7 Å². The first-order chi connectivity index (χ1) is 9.01. The minimum atomic E-state index is 0.367. The van der Waals surface area contributed by atoms with Gasteiger partial charge in [0.2, 0.25) is 6.08 Å². The second kappa shape index (κ2) is 7.25. The van der Waals surface area contributed by atoms with Crippen LogP contribution in [-0.2, 0) is 11.2 Å². The van der Waals surface area contributed by atoms with Crippen LogP contribution in [0.5, 0.6) is 0 Å². The Bertz CT molecular complexity index is 439. The molecule has 1 aromatic carbocycles. The number of isocyanates is 1. The number of aliphatic imine (C=N–C) groups is 1. The van der Waals surface area contributed by atoms with Gasteiger partial charge < -0.3 is 0 Å². The number of hydrogen-bond donors (Lipinski definition) is 0. The van der Waals surface area contributed by atoms with Crippen LogP contribution in [-0.4, -0.2) is 6.08 Å². The molecule has 2 nitrogen and oxygen atoms in total. The Hall–Kier alpha value is -1.40. The molecule has 2 heteroatoms. The van der Waals surface area contributed by atoms with E-state index < -0.39 is 0 Å². The molecule has 1 rings (SSSR count). The van der Waals surface area contributed by atoms with Gasteiger partial charge in [0.25, 0.3) is 0 Å². The highest BCUT2D eigenvalue weighted by atomic mass is 16.1. The lowest BCUT2D eigenvalue weighted by Gasteiger charge is -2.18. The summed E-state index contributed by atoms with van der Waals surface area (Å²) >= 11 is 0. The standard InChI is InChI=1S/C17H25NO/c1-6-7-8-14-9-15(12(2)3)17(18-11-19)16(10-14)13(4)5/h9-10,12-13H,6-8H2,1-5H3. The van der Waals surface area contributed by atoms with E-state index in [0.29, 0.717) is 11.8 Å². The number of hydrogen-bond acceptors (Lipinski definition) is 2. The summed E-state index contributed by atoms with van der Waals surface area (Å²) in [6.07, 6.45) is 5.21. The van der Waals surface area contributed by atoms with Crippen LogP contribution >= 0.6 is 0 Å². The van der Waals surface area contributed by atoms with E-state index in [-0.39, 0.29) is 0 Å². The molecule has 0 saturated carbocycles. The fraction of sp³-hybridized carbons (Fsp3) is 0.588. The first-order valence-electron chi connectivity index (χ1n) is 7.25. The highest BCUT2D eigenvalue weighted by Crippen LogP contribution is 2.36. The number of carbonyl (C=O) groups excluding carboxylic acids is 1. The lowest BCUT2D eigenvalue weighted by molar-refractivity contribution is 0.565. The van der Waals surface area contributed by atoms with Crippen molar-refractivity contribution in [3.63, 3.8) is 0 Å². The molecule has 0 fully saturated rings. The molecule has 0 spiro atoms. The molecular formula is C17H25NO. The molecule has 0 amide bonds. The van der Waals surface area contributed by atoms with Gasteiger partial charge in [-0.3, -0.25) is 0 Å². The summed E-state index contributed by atoms with van der Waals surface area (Å²) in [4.78, 5) is 14.7. The molecule has 0 atom stereocenters. The van der Waals surface area contributed by atoms with Crippen molar-refractivity contribution in [3.8, 4) is 0 Å². The first-order valence-corrected chi connectivity index (χ1v) is 7.25. The van der Waals surface area contributed by atoms with Gasteiger partial charge in [0.15, 0.2) is 0 Å². The zero-order valence-corrected chi connectivity index (χ0v) is 12.8. The topological polar surface area (TPSA) is 29.4 Å². The molecule has 104 valence electrons. The summed E-state index contributed by atoms with van der Waals surface area (Å²) in [5, 5.41) is 0. The molecule has 1 aromatic rings. The summed E-state index contributed by atoms with van der Waals surface area (Å²) in [5.41, 5.74) is 4.53. The molecule has 19 heavy (non-hydrogen) atoms. The summed E-state index contributed by atoms with van der Waals surface area (Å²) in [6, 6.07) is 4.42. The van der Waals surface area contributed by atoms with Crippen molar-refractivity contribution < 1.29 is 4.79 Å². The molecule has 0 aliphatic rings. The van der Waals surface area contributed by atoms with Gasteiger partial charge >= 0.3 is 0 Å². The Morgan fingerprint density at radius 3 is 2.00 bits per heavy atom. The van der Waals surface area contributed by atoms with Crippen LogP contribution < -0.4 is 0 Å². The Balaban J connectivity index is 3.39. The van der Waals surface area contributed by atoms with Crippen molar-refractivity contribution in [2.75, 3.05) is 0 Å². The number of unbranched alkanes of at least 4 members (excludes halogenated alkanes) is 1. The smallest absolute Gasteiger partial charge is 0.211 e. The Labute approximate surface area is 117 Å². The van der Waals surface area contributed by atoms with Gasteiger partial charge in [-0.05, 0) is 41.4 Å². The first kappa shape index (κ1) is 15.7. The maximum absolute atomic E-state index is 10.7. The molecule has 0 saturated heterocycles. The van der Waals surface area contributed by atoms with Crippen LogP contribution in [0.3, 0.4) is 0 Å². The lowest BCUT2D eigenvalue weighted by Crippen LogP contribution is -1.99. The normalized spacial score (nSPS) is 10.9. The number of nitrogens with zero attached hydrogens (tertiary/aromatic N) is 1. The van der Waals surface area contributed by atoms with E-state index in [2.05, 4.69) is 51.7 Å². The van der Waals surface area contributed by atoms with Crippen molar-refractivity contribution in [1.82, 2.24) is 0 Å². The van der Waals surface area contributed by atoms with Gasteiger partial charge in [0.1, 0.15) is 0 Å². The third kappa shape index (κ3) is 4.04. The Morgan fingerprint density at radius 1 is 1.11 bits per heavy atom. The summed E-state index contributed by atoms with van der Waals surface area (Å²) < 4.78 is 0. The molecule has 0 radical (unpaired) electrons. The molecule has 0 N–H and O–H groups in total. The number of rotatable bonds is 6. The largest absolute Gasteiger partial charge is 0.240 e. The summed E-state index contributed by atoms with van der Waals surface area (Å²) in [7, 11) is 0. The van der Waals surface area contributed by atoms with Gasteiger partial charge in [-0.25, -0.2) is 4.79 Å². The molecule has 0 aliphatic carbocycles.